The second-order valence-electron chi connectivity index (χ2n) is 3.00. The Morgan fingerprint density at radius 3 is 2.89 bits per heavy atom. The Kier molecular flexibility index (Phi) is 0.862. The first kappa shape index (κ1) is 5.24. The van der Waals surface area contributed by atoms with E-state index in [0.717, 1.165) is 0 Å². The molecular formula is C8H11N. The van der Waals surface area contributed by atoms with Gasteiger partial charge in [-0.15, -0.1) is 0 Å². The fraction of sp³-hybridized carbons (Fsp3) is 0.500. The lowest BCUT2D eigenvalue weighted by Gasteiger charge is -2.13. The normalized spacial score (nSPS) is 39.8. The van der Waals surface area contributed by atoms with Crippen molar-refractivity contribution in [2.45, 2.75) is 18.4 Å². The second-order valence-corrected chi connectivity index (χ2v) is 3.00. The predicted molar refractivity (Wildman–Crippen MR) is 38.2 cm³/mol. The maximum absolute atomic E-state index is 3.89. The number of rotatable bonds is 0. The Bertz CT molecular complexity index is 175. The lowest BCUT2D eigenvalue weighted by molar-refractivity contribution is 0.667. The van der Waals surface area contributed by atoms with Crippen LogP contribution < -0.4 is 5.32 Å². The zero-order valence-electron chi connectivity index (χ0n) is 5.48. The van der Waals surface area contributed by atoms with Gasteiger partial charge < -0.3 is 5.32 Å². The summed E-state index contributed by atoms with van der Waals surface area (Å²) >= 11 is 0. The molecule has 1 atom stereocenters. The Morgan fingerprint density at radius 1 is 1.67 bits per heavy atom. The van der Waals surface area contributed by atoms with Gasteiger partial charge in [0.1, 0.15) is 0 Å². The first-order chi connectivity index (χ1) is 4.31. The van der Waals surface area contributed by atoms with Crippen LogP contribution in [0.15, 0.2) is 24.3 Å². The molecule has 1 heteroatoms. The highest BCUT2D eigenvalue weighted by atomic mass is 15.2. The lowest BCUT2D eigenvalue weighted by Crippen LogP contribution is -2.14. The molecule has 1 spiro atoms. The van der Waals surface area contributed by atoms with Crippen molar-refractivity contribution < 1.29 is 0 Å². The Morgan fingerprint density at radius 2 is 2.44 bits per heavy atom. The Hall–Kier alpha value is -0.560. The Labute approximate surface area is 55.5 Å². The largest absolute Gasteiger partial charge is 0.305 e. The zero-order chi connectivity index (χ0) is 6.32. The molecule has 9 heavy (non-hydrogen) atoms. The van der Waals surface area contributed by atoms with Crippen LogP contribution in [0.3, 0.4) is 0 Å². The van der Waals surface area contributed by atoms with Crippen LogP contribution in [0.2, 0.25) is 0 Å². The van der Waals surface area contributed by atoms with Gasteiger partial charge in [0, 0.05) is 12.1 Å². The standard InChI is InChI=1S/C8H11N/c1-7-2-4-8(5-3-7)6-9-8/h2,4,9H,1,3,5-6H2. The maximum Gasteiger partial charge on any atom is 0.0498 e. The molecule has 1 N–H and O–H groups in total. The highest BCUT2D eigenvalue weighted by molar-refractivity contribution is 5.30. The number of hydrogen-bond donors (Lipinski definition) is 1. The number of hydrogen-bond acceptors (Lipinski definition) is 1. The molecule has 1 heterocycles. The molecule has 1 saturated heterocycles. The fourth-order valence-corrected chi connectivity index (χ4v) is 1.24. The number of nitrogens with one attached hydrogen (secondary N) is 1. The van der Waals surface area contributed by atoms with Crippen molar-refractivity contribution in [2.24, 2.45) is 0 Å². The van der Waals surface area contributed by atoms with Crippen LogP contribution >= 0.6 is 0 Å². The van der Waals surface area contributed by atoms with Crippen LogP contribution in [0.5, 0.6) is 0 Å². The predicted octanol–water partition coefficient (Wildman–Crippen LogP) is 1.23. The molecule has 0 aromatic carbocycles. The third kappa shape index (κ3) is 0.815. The molecule has 2 aliphatic rings. The third-order valence-corrected chi connectivity index (χ3v) is 2.16. The van der Waals surface area contributed by atoms with E-state index < -0.39 is 0 Å². The maximum atomic E-state index is 3.89. The van der Waals surface area contributed by atoms with Crippen LogP contribution in [-0.2, 0) is 0 Å². The molecule has 1 nitrogen and oxygen atoms in total. The van der Waals surface area contributed by atoms with E-state index in [4.69, 9.17) is 0 Å². The van der Waals surface area contributed by atoms with Crippen molar-refractivity contribution in [3.8, 4) is 0 Å². The molecule has 0 bridgehead atoms. The summed E-state index contributed by atoms with van der Waals surface area (Å²) in [5.41, 5.74) is 1.69. The molecule has 1 aliphatic carbocycles. The van der Waals surface area contributed by atoms with Crippen LogP contribution in [0.1, 0.15) is 12.8 Å². The van der Waals surface area contributed by atoms with E-state index in [0.29, 0.717) is 5.54 Å². The van der Waals surface area contributed by atoms with E-state index in [1.165, 1.54) is 25.0 Å². The van der Waals surface area contributed by atoms with E-state index in [1.54, 1.807) is 0 Å². The van der Waals surface area contributed by atoms with Gasteiger partial charge in [-0.05, 0) is 12.8 Å². The molecule has 48 valence electrons. The number of allylic oxidation sites excluding steroid dienone is 2. The molecule has 0 radical (unpaired) electrons. The van der Waals surface area contributed by atoms with Gasteiger partial charge in [0.2, 0.25) is 0 Å². The molecule has 0 aromatic rings. The van der Waals surface area contributed by atoms with Gasteiger partial charge in [0.25, 0.3) is 0 Å². The molecular weight excluding hydrogens is 110 g/mol. The second kappa shape index (κ2) is 1.48. The average Bonchev–Trinajstić information content (AvgIpc) is 2.60. The smallest absolute Gasteiger partial charge is 0.0498 e. The summed E-state index contributed by atoms with van der Waals surface area (Å²) in [5, 5.41) is 3.34. The van der Waals surface area contributed by atoms with Gasteiger partial charge in [-0.3, -0.25) is 0 Å². The first-order valence-corrected chi connectivity index (χ1v) is 3.43. The van der Waals surface area contributed by atoms with Gasteiger partial charge in [-0.25, -0.2) is 0 Å². The zero-order valence-corrected chi connectivity index (χ0v) is 5.48. The lowest BCUT2D eigenvalue weighted by atomic mass is 9.93. The van der Waals surface area contributed by atoms with Gasteiger partial charge in [-0.1, -0.05) is 24.3 Å². The van der Waals surface area contributed by atoms with Crippen LogP contribution in [0.25, 0.3) is 0 Å². The van der Waals surface area contributed by atoms with Gasteiger partial charge in [0.15, 0.2) is 0 Å². The minimum absolute atomic E-state index is 0.418. The summed E-state index contributed by atoms with van der Waals surface area (Å²) in [6.45, 7) is 5.07. The quantitative estimate of drug-likeness (QED) is 0.478. The van der Waals surface area contributed by atoms with Crippen molar-refractivity contribution >= 4 is 0 Å². The first-order valence-electron chi connectivity index (χ1n) is 3.43. The minimum Gasteiger partial charge on any atom is -0.305 e. The monoisotopic (exact) mass is 121 g/mol. The van der Waals surface area contributed by atoms with E-state index in [9.17, 15) is 0 Å². The molecule has 1 aliphatic heterocycles. The van der Waals surface area contributed by atoms with Crippen molar-refractivity contribution in [1.82, 2.24) is 5.32 Å². The average molecular weight is 121 g/mol. The SMILES string of the molecule is C=C1C=CC2(CC1)CN2. The highest BCUT2D eigenvalue weighted by Gasteiger charge is 2.39. The topological polar surface area (TPSA) is 21.9 Å². The summed E-state index contributed by atoms with van der Waals surface area (Å²) in [4.78, 5) is 0. The molecule has 2 rings (SSSR count). The summed E-state index contributed by atoms with van der Waals surface area (Å²) in [6, 6.07) is 0. The fourth-order valence-electron chi connectivity index (χ4n) is 1.24. The van der Waals surface area contributed by atoms with Crippen molar-refractivity contribution in [3.63, 3.8) is 0 Å². The van der Waals surface area contributed by atoms with Crippen LogP contribution in [-0.4, -0.2) is 12.1 Å². The van der Waals surface area contributed by atoms with E-state index >= 15 is 0 Å². The highest BCUT2D eigenvalue weighted by Crippen LogP contribution is 2.31. The molecule has 0 amide bonds. The van der Waals surface area contributed by atoms with Gasteiger partial charge >= 0.3 is 0 Å². The van der Waals surface area contributed by atoms with Crippen molar-refractivity contribution in [2.75, 3.05) is 6.54 Å². The minimum atomic E-state index is 0.418. The van der Waals surface area contributed by atoms with Crippen LogP contribution in [0, 0.1) is 0 Å². The van der Waals surface area contributed by atoms with E-state index in [2.05, 4.69) is 24.0 Å². The van der Waals surface area contributed by atoms with E-state index in [-0.39, 0.29) is 0 Å². The molecule has 1 fully saturated rings. The molecule has 0 saturated carbocycles. The van der Waals surface area contributed by atoms with Crippen molar-refractivity contribution in [3.05, 3.63) is 24.3 Å². The van der Waals surface area contributed by atoms with Gasteiger partial charge in [0.05, 0.1) is 0 Å². The van der Waals surface area contributed by atoms with Crippen LogP contribution in [0.4, 0.5) is 0 Å². The summed E-state index contributed by atoms with van der Waals surface area (Å²) in [5.74, 6) is 0. The summed E-state index contributed by atoms with van der Waals surface area (Å²) in [7, 11) is 0. The summed E-state index contributed by atoms with van der Waals surface area (Å²) < 4.78 is 0. The molecule has 1 unspecified atom stereocenters. The van der Waals surface area contributed by atoms with Crippen molar-refractivity contribution in [1.29, 1.82) is 0 Å². The molecule has 0 aromatic heterocycles. The summed E-state index contributed by atoms with van der Waals surface area (Å²) in [6.07, 6.45) is 6.81. The third-order valence-electron chi connectivity index (χ3n) is 2.16. The van der Waals surface area contributed by atoms with Gasteiger partial charge in [-0.2, -0.15) is 0 Å². The Balaban J connectivity index is 2.18. The van der Waals surface area contributed by atoms with E-state index in [1.807, 2.05) is 0 Å².